The Bertz CT molecular complexity index is 854. The summed E-state index contributed by atoms with van der Waals surface area (Å²) in [5.41, 5.74) is 3.35. The van der Waals surface area contributed by atoms with E-state index in [1.54, 1.807) is 35.7 Å². The van der Waals surface area contributed by atoms with Gasteiger partial charge in [0, 0.05) is 18.3 Å². The van der Waals surface area contributed by atoms with E-state index in [0.29, 0.717) is 17.0 Å². The van der Waals surface area contributed by atoms with Crippen LogP contribution < -0.4 is 5.32 Å². The van der Waals surface area contributed by atoms with Gasteiger partial charge in [-0.05, 0) is 31.5 Å². The maximum Gasteiger partial charge on any atom is 0.270 e. The van der Waals surface area contributed by atoms with E-state index in [4.69, 9.17) is 0 Å². The number of amides is 1. The third-order valence-electron chi connectivity index (χ3n) is 3.63. The van der Waals surface area contributed by atoms with Crippen molar-refractivity contribution in [2.45, 2.75) is 20.4 Å². The van der Waals surface area contributed by atoms with Gasteiger partial charge in [0.05, 0.1) is 5.69 Å². The van der Waals surface area contributed by atoms with Gasteiger partial charge in [-0.2, -0.15) is 0 Å². The summed E-state index contributed by atoms with van der Waals surface area (Å²) in [5.74, 6) is -0.590. The first-order chi connectivity index (χ1) is 10.6. The normalized spacial score (nSPS) is 10.9. The Labute approximate surface area is 127 Å². The molecule has 22 heavy (non-hydrogen) atoms. The van der Waals surface area contributed by atoms with Gasteiger partial charge in [0.2, 0.25) is 0 Å². The second-order valence-electron chi connectivity index (χ2n) is 5.20. The number of halogens is 1. The third kappa shape index (κ3) is 2.45. The quantitative estimate of drug-likeness (QED) is 0.807. The zero-order valence-corrected chi connectivity index (χ0v) is 12.4. The van der Waals surface area contributed by atoms with Crippen molar-refractivity contribution in [3.63, 3.8) is 0 Å². The number of rotatable bonds is 3. The maximum absolute atomic E-state index is 13.6. The van der Waals surface area contributed by atoms with Gasteiger partial charge < -0.3 is 5.32 Å². The SMILES string of the molecule is Cc1nc2c(C)cccn2c1C(=O)NCc1ccccc1F. The fraction of sp³-hybridized carbons (Fsp3) is 0.176. The number of fused-ring (bicyclic) bond motifs is 1. The summed E-state index contributed by atoms with van der Waals surface area (Å²) in [6.07, 6.45) is 1.81. The molecule has 2 aromatic heterocycles. The smallest absolute Gasteiger partial charge is 0.270 e. The molecule has 0 unspecified atom stereocenters. The predicted molar refractivity (Wildman–Crippen MR) is 82.2 cm³/mol. The van der Waals surface area contributed by atoms with Crippen LogP contribution in [-0.4, -0.2) is 15.3 Å². The van der Waals surface area contributed by atoms with E-state index in [1.165, 1.54) is 6.07 Å². The minimum atomic E-state index is -0.325. The molecule has 0 spiro atoms. The van der Waals surface area contributed by atoms with Gasteiger partial charge in [-0.25, -0.2) is 9.37 Å². The average Bonchev–Trinajstić information content (AvgIpc) is 2.84. The number of hydrogen-bond donors (Lipinski definition) is 1. The topological polar surface area (TPSA) is 46.4 Å². The van der Waals surface area contributed by atoms with Gasteiger partial charge in [-0.1, -0.05) is 24.3 Å². The van der Waals surface area contributed by atoms with Crippen molar-refractivity contribution in [3.05, 3.63) is 70.9 Å². The van der Waals surface area contributed by atoms with Crippen LogP contribution in [0.3, 0.4) is 0 Å². The molecule has 0 saturated heterocycles. The molecule has 0 atom stereocenters. The van der Waals surface area contributed by atoms with Crippen molar-refractivity contribution in [1.29, 1.82) is 0 Å². The highest BCUT2D eigenvalue weighted by Crippen LogP contribution is 2.15. The molecule has 0 aliphatic heterocycles. The zero-order valence-electron chi connectivity index (χ0n) is 12.4. The summed E-state index contributed by atoms with van der Waals surface area (Å²) < 4.78 is 15.4. The molecule has 5 heteroatoms. The van der Waals surface area contributed by atoms with Crippen LogP contribution >= 0.6 is 0 Å². The largest absolute Gasteiger partial charge is 0.347 e. The highest BCUT2D eigenvalue weighted by molar-refractivity contribution is 5.94. The number of hydrogen-bond acceptors (Lipinski definition) is 2. The number of carbonyl (C=O) groups is 1. The zero-order chi connectivity index (χ0) is 15.7. The molecule has 0 bridgehead atoms. The van der Waals surface area contributed by atoms with Gasteiger partial charge in [0.15, 0.2) is 0 Å². The fourth-order valence-corrected chi connectivity index (χ4v) is 2.49. The summed E-state index contributed by atoms with van der Waals surface area (Å²) in [4.78, 5) is 16.9. The summed E-state index contributed by atoms with van der Waals surface area (Å²) in [6.45, 7) is 3.89. The molecule has 0 aliphatic rings. The molecular formula is C17H16FN3O. The molecule has 1 N–H and O–H groups in total. The predicted octanol–water partition coefficient (Wildman–Crippen LogP) is 3.02. The number of benzene rings is 1. The molecule has 3 aromatic rings. The van der Waals surface area contributed by atoms with Crippen molar-refractivity contribution < 1.29 is 9.18 Å². The Hall–Kier alpha value is -2.69. The van der Waals surface area contributed by atoms with Crippen LogP contribution in [0.4, 0.5) is 4.39 Å². The van der Waals surface area contributed by atoms with Gasteiger partial charge in [-0.3, -0.25) is 9.20 Å². The van der Waals surface area contributed by atoms with Crippen molar-refractivity contribution in [2.24, 2.45) is 0 Å². The Kier molecular flexibility index (Phi) is 3.63. The van der Waals surface area contributed by atoms with Gasteiger partial charge in [-0.15, -0.1) is 0 Å². The summed E-state index contributed by atoms with van der Waals surface area (Å²) >= 11 is 0. The van der Waals surface area contributed by atoms with Crippen molar-refractivity contribution in [1.82, 2.24) is 14.7 Å². The first-order valence-corrected chi connectivity index (χ1v) is 7.04. The van der Waals surface area contributed by atoms with Crippen LogP contribution in [0, 0.1) is 19.7 Å². The van der Waals surface area contributed by atoms with Crippen LogP contribution in [-0.2, 0) is 6.54 Å². The van der Waals surface area contributed by atoms with E-state index in [1.807, 2.05) is 19.1 Å². The summed E-state index contributed by atoms with van der Waals surface area (Å²) in [7, 11) is 0. The minimum Gasteiger partial charge on any atom is -0.347 e. The summed E-state index contributed by atoms with van der Waals surface area (Å²) in [5, 5.41) is 2.75. The monoisotopic (exact) mass is 297 g/mol. The number of pyridine rings is 1. The number of nitrogens with zero attached hydrogens (tertiary/aromatic N) is 2. The lowest BCUT2D eigenvalue weighted by Crippen LogP contribution is -2.25. The summed E-state index contributed by atoms with van der Waals surface area (Å²) in [6, 6.07) is 10.2. The second kappa shape index (κ2) is 5.60. The molecule has 0 aliphatic carbocycles. The maximum atomic E-state index is 13.6. The molecular weight excluding hydrogens is 281 g/mol. The van der Waals surface area contributed by atoms with Crippen LogP contribution in [0.2, 0.25) is 0 Å². The Morgan fingerprint density at radius 1 is 1.23 bits per heavy atom. The standard InChI is InChI=1S/C17H16FN3O/c1-11-6-5-9-21-15(12(2)20-16(11)21)17(22)19-10-13-7-3-4-8-14(13)18/h3-9H,10H2,1-2H3,(H,19,22). The van der Waals surface area contributed by atoms with Crippen LogP contribution in [0.15, 0.2) is 42.6 Å². The lowest BCUT2D eigenvalue weighted by atomic mass is 10.2. The first kappa shape index (κ1) is 14.3. The number of aryl methyl sites for hydroxylation is 2. The van der Waals surface area contributed by atoms with Gasteiger partial charge in [0.25, 0.3) is 5.91 Å². The minimum absolute atomic E-state index is 0.143. The van der Waals surface area contributed by atoms with Crippen LogP contribution in [0.25, 0.3) is 5.65 Å². The molecule has 0 fully saturated rings. The molecule has 4 nitrogen and oxygen atoms in total. The number of nitrogens with one attached hydrogen (secondary N) is 1. The Morgan fingerprint density at radius 2 is 2.00 bits per heavy atom. The second-order valence-corrected chi connectivity index (χ2v) is 5.20. The number of imidazole rings is 1. The van der Waals surface area contributed by atoms with E-state index in [9.17, 15) is 9.18 Å². The van der Waals surface area contributed by atoms with Crippen LogP contribution in [0.5, 0.6) is 0 Å². The molecule has 2 heterocycles. The highest BCUT2D eigenvalue weighted by atomic mass is 19.1. The molecule has 0 radical (unpaired) electrons. The molecule has 112 valence electrons. The Balaban J connectivity index is 1.88. The average molecular weight is 297 g/mol. The molecule has 3 rings (SSSR count). The van der Waals surface area contributed by atoms with Gasteiger partial charge in [0.1, 0.15) is 17.2 Å². The van der Waals surface area contributed by atoms with E-state index >= 15 is 0 Å². The van der Waals surface area contributed by atoms with E-state index in [2.05, 4.69) is 10.3 Å². The van der Waals surface area contributed by atoms with E-state index in [0.717, 1.165) is 11.2 Å². The van der Waals surface area contributed by atoms with E-state index in [-0.39, 0.29) is 18.3 Å². The number of carbonyl (C=O) groups excluding carboxylic acids is 1. The van der Waals surface area contributed by atoms with Gasteiger partial charge >= 0.3 is 0 Å². The van der Waals surface area contributed by atoms with Crippen molar-refractivity contribution in [3.8, 4) is 0 Å². The number of aromatic nitrogens is 2. The molecule has 1 aromatic carbocycles. The highest BCUT2D eigenvalue weighted by Gasteiger charge is 2.17. The fourth-order valence-electron chi connectivity index (χ4n) is 2.49. The molecule has 0 saturated carbocycles. The third-order valence-corrected chi connectivity index (χ3v) is 3.63. The van der Waals surface area contributed by atoms with Crippen molar-refractivity contribution >= 4 is 11.6 Å². The lowest BCUT2D eigenvalue weighted by molar-refractivity contribution is 0.0944. The lowest BCUT2D eigenvalue weighted by Gasteiger charge is -2.07. The molecule has 1 amide bonds. The Morgan fingerprint density at radius 3 is 2.77 bits per heavy atom. The first-order valence-electron chi connectivity index (χ1n) is 7.04. The van der Waals surface area contributed by atoms with Crippen molar-refractivity contribution in [2.75, 3.05) is 0 Å². The van der Waals surface area contributed by atoms with Crippen LogP contribution in [0.1, 0.15) is 27.3 Å². The van der Waals surface area contributed by atoms with E-state index < -0.39 is 0 Å².